The molecule has 0 fully saturated rings. The second-order valence-electron chi connectivity index (χ2n) is 6.58. The SMILES string of the molecule is Cc1ccc(N(Cc2ccccc2)Cc2cc(=O)n3nc(C)sc3n2)cc1. The lowest BCUT2D eigenvalue weighted by Gasteiger charge is -2.25. The number of hydrogen-bond donors (Lipinski definition) is 0. The van der Waals surface area contributed by atoms with Crippen LogP contribution in [0.3, 0.4) is 0 Å². The van der Waals surface area contributed by atoms with Gasteiger partial charge in [0.1, 0.15) is 5.01 Å². The van der Waals surface area contributed by atoms with Gasteiger partial charge in [0.2, 0.25) is 4.96 Å². The summed E-state index contributed by atoms with van der Waals surface area (Å²) in [4.78, 5) is 19.9. The minimum atomic E-state index is -0.136. The van der Waals surface area contributed by atoms with E-state index in [1.54, 1.807) is 6.07 Å². The third-order valence-corrected chi connectivity index (χ3v) is 5.19. The fraction of sp³-hybridized carbons (Fsp3) is 0.190. The van der Waals surface area contributed by atoms with Gasteiger partial charge in [-0.1, -0.05) is 59.4 Å². The largest absolute Gasteiger partial charge is 0.361 e. The van der Waals surface area contributed by atoms with Crippen molar-refractivity contribution in [1.82, 2.24) is 14.6 Å². The Kier molecular flexibility index (Phi) is 4.73. The number of benzene rings is 2. The van der Waals surface area contributed by atoms with Crippen LogP contribution in [0.2, 0.25) is 0 Å². The van der Waals surface area contributed by atoms with Crippen molar-refractivity contribution in [2.24, 2.45) is 0 Å². The highest BCUT2D eigenvalue weighted by Gasteiger charge is 2.12. The minimum Gasteiger partial charge on any atom is -0.361 e. The average molecular weight is 376 g/mol. The van der Waals surface area contributed by atoms with Crippen LogP contribution in [0.4, 0.5) is 5.69 Å². The van der Waals surface area contributed by atoms with Gasteiger partial charge in [-0.2, -0.15) is 9.61 Å². The molecule has 0 saturated carbocycles. The second-order valence-corrected chi connectivity index (χ2v) is 7.74. The Hall–Kier alpha value is -2.99. The van der Waals surface area contributed by atoms with Gasteiger partial charge >= 0.3 is 0 Å². The normalized spacial score (nSPS) is 11.0. The summed E-state index contributed by atoms with van der Waals surface area (Å²) < 4.78 is 1.37. The monoisotopic (exact) mass is 376 g/mol. The molecule has 0 bridgehead atoms. The lowest BCUT2D eigenvalue weighted by molar-refractivity contribution is 0.770. The number of anilines is 1. The Morgan fingerprint density at radius 3 is 2.48 bits per heavy atom. The van der Waals surface area contributed by atoms with Crippen molar-refractivity contribution < 1.29 is 0 Å². The molecule has 2 aromatic carbocycles. The van der Waals surface area contributed by atoms with Crippen LogP contribution in [-0.4, -0.2) is 14.6 Å². The first kappa shape index (κ1) is 17.4. The highest BCUT2D eigenvalue weighted by Crippen LogP contribution is 2.21. The van der Waals surface area contributed by atoms with Gasteiger partial charge in [0.15, 0.2) is 0 Å². The van der Waals surface area contributed by atoms with E-state index in [4.69, 9.17) is 0 Å². The highest BCUT2D eigenvalue weighted by molar-refractivity contribution is 7.16. The van der Waals surface area contributed by atoms with Crippen molar-refractivity contribution in [3.63, 3.8) is 0 Å². The summed E-state index contributed by atoms with van der Waals surface area (Å²) in [7, 11) is 0. The van der Waals surface area contributed by atoms with E-state index in [-0.39, 0.29) is 5.56 Å². The van der Waals surface area contributed by atoms with Crippen molar-refractivity contribution in [1.29, 1.82) is 0 Å². The van der Waals surface area contributed by atoms with Crippen LogP contribution in [0.5, 0.6) is 0 Å². The maximum absolute atomic E-state index is 12.4. The topological polar surface area (TPSA) is 50.5 Å². The molecule has 27 heavy (non-hydrogen) atoms. The summed E-state index contributed by atoms with van der Waals surface area (Å²) in [5, 5.41) is 5.05. The van der Waals surface area contributed by atoms with E-state index in [2.05, 4.69) is 58.3 Å². The van der Waals surface area contributed by atoms with Gasteiger partial charge in [0, 0.05) is 18.3 Å². The Bertz CT molecular complexity index is 1120. The standard InChI is InChI=1S/C21H20N4OS/c1-15-8-10-19(11-9-15)24(13-17-6-4-3-5-7-17)14-18-12-20(26)25-21(22-18)27-16(2)23-25/h3-12H,13-14H2,1-2H3. The van der Waals surface area contributed by atoms with Crippen LogP contribution in [0.15, 0.2) is 65.5 Å². The Labute approximate surface area is 161 Å². The molecule has 4 rings (SSSR count). The number of nitrogens with zero attached hydrogens (tertiary/aromatic N) is 4. The van der Waals surface area contributed by atoms with Crippen LogP contribution >= 0.6 is 11.3 Å². The van der Waals surface area contributed by atoms with E-state index < -0.39 is 0 Å². The van der Waals surface area contributed by atoms with Crippen LogP contribution in [0.1, 0.15) is 21.8 Å². The zero-order chi connectivity index (χ0) is 18.8. The van der Waals surface area contributed by atoms with Gasteiger partial charge in [-0.05, 0) is 31.5 Å². The van der Waals surface area contributed by atoms with Gasteiger partial charge < -0.3 is 4.90 Å². The molecule has 0 N–H and O–H groups in total. The van der Waals surface area contributed by atoms with Gasteiger partial charge in [-0.3, -0.25) is 4.79 Å². The van der Waals surface area contributed by atoms with Crippen LogP contribution in [0, 0.1) is 13.8 Å². The molecule has 136 valence electrons. The zero-order valence-electron chi connectivity index (χ0n) is 15.3. The quantitative estimate of drug-likeness (QED) is 0.529. The molecule has 0 spiro atoms. The molecule has 2 aromatic heterocycles. The molecule has 0 aliphatic rings. The molecule has 4 aromatic rings. The van der Waals surface area contributed by atoms with E-state index in [0.29, 0.717) is 11.5 Å². The number of rotatable bonds is 5. The Balaban J connectivity index is 1.70. The van der Waals surface area contributed by atoms with Crippen LogP contribution in [0.25, 0.3) is 4.96 Å². The summed E-state index contributed by atoms with van der Waals surface area (Å²) in [5.74, 6) is 0. The third-order valence-electron chi connectivity index (χ3n) is 4.37. The fourth-order valence-electron chi connectivity index (χ4n) is 3.03. The van der Waals surface area contributed by atoms with Gasteiger partial charge in [-0.25, -0.2) is 4.98 Å². The lowest BCUT2D eigenvalue weighted by Crippen LogP contribution is -2.25. The first-order valence-electron chi connectivity index (χ1n) is 8.80. The third kappa shape index (κ3) is 3.90. The number of fused-ring (bicyclic) bond motifs is 1. The predicted octanol–water partition coefficient (Wildman–Crippen LogP) is 3.97. The first-order chi connectivity index (χ1) is 13.1. The molecule has 0 aliphatic heterocycles. The molecule has 5 nitrogen and oxygen atoms in total. The molecule has 6 heteroatoms. The van der Waals surface area contributed by atoms with Crippen molar-refractivity contribution in [3.05, 3.63) is 92.8 Å². The maximum Gasteiger partial charge on any atom is 0.275 e. The van der Waals surface area contributed by atoms with Crippen LogP contribution < -0.4 is 10.5 Å². The Morgan fingerprint density at radius 2 is 1.74 bits per heavy atom. The first-order valence-corrected chi connectivity index (χ1v) is 9.62. The zero-order valence-corrected chi connectivity index (χ0v) is 16.1. The number of aryl methyl sites for hydroxylation is 2. The van der Waals surface area contributed by atoms with Crippen molar-refractivity contribution in [3.8, 4) is 0 Å². The highest BCUT2D eigenvalue weighted by atomic mass is 32.1. The van der Waals surface area contributed by atoms with E-state index in [0.717, 1.165) is 22.9 Å². The van der Waals surface area contributed by atoms with Crippen molar-refractivity contribution in [2.45, 2.75) is 26.9 Å². The van der Waals surface area contributed by atoms with E-state index in [9.17, 15) is 4.79 Å². The number of hydrogen-bond acceptors (Lipinski definition) is 5. The molecular weight excluding hydrogens is 356 g/mol. The number of aromatic nitrogens is 3. The lowest BCUT2D eigenvalue weighted by atomic mass is 10.1. The molecule has 0 radical (unpaired) electrons. The molecule has 0 atom stereocenters. The fourth-order valence-corrected chi connectivity index (χ4v) is 3.79. The van der Waals surface area contributed by atoms with Gasteiger partial charge in [0.05, 0.1) is 12.2 Å². The minimum absolute atomic E-state index is 0.136. The van der Waals surface area contributed by atoms with Crippen molar-refractivity contribution >= 4 is 22.0 Å². The van der Waals surface area contributed by atoms with E-state index in [1.165, 1.54) is 27.0 Å². The predicted molar refractivity (Wildman–Crippen MR) is 109 cm³/mol. The average Bonchev–Trinajstić information content (AvgIpc) is 3.04. The molecule has 0 amide bonds. The molecule has 0 aliphatic carbocycles. The van der Waals surface area contributed by atoms with Crippen LogP contribution in [-0.2, 0) is 13.1 Å². The van der Waals surface area contributed by atoms with Gasteiger partial charge in [0.25, 0.3) is 5.56 Å². The summed E-state index contributed by atoms with van der Waals surface area (Å²) in [6, 6.07) is 20.3. The molecule has 0 unspecified atom stereocenters. The van der Waals surface area contributed by atoms with Gasteiger partial charge in [-0.15, -0.1) is 0 Å². The summed E-state index contributed by atoms with van der Waals surface area (Å²) in [6.45, 7) is 5.26. The summed E-state index contributed by atoms with van der Waals surface area (Å²) in [6.07, 6.45) is 0. The maximum atomic E-state index is 12.4. The molecule has 2 heterocycles. The van der Waals surface area contributed by atoms with E-state index >= 15 is 0 Å². The smallest absolute Gasteiger partial charge is 0.275 e. The molecular formula is C21H20N4OS. The van der Waals surface area contributed by atoms with E-state index in [1.807, 2.05) is 25.1 Å². The second kappa shape index (κ2) is 7.32. The summed E-state index contributed by atoms with van der Waals surface area (Å²) >= 11 is 1.43. The van der Waals surface area contributed by atoms with Crippen molar-refractivity contribution in [2.75, 3.05) is 4.90 Å². The molecule has 0 saturated heterocycles. The Morgan fingerprint density at radius 1 is 1.00 bits per heavy atom. The summed E-state index contributed by atoms with van der Waals surface area (Å²) in [5.41, 5.74) is 4.15.